The first-order chi connectivity index (χ1) is 16.5. The van der Waals surface area contributed by atoms with E-state index in [-0.39, 0.29) is 5.91 Å². The van der Waals surface area contributed by atoms with Gasteiger partial charge in [0.15, 0.2) is 17.3 Å². The van der Waals surface area contributed by atoms with Gasteiger partial charge in [0.1, 0.15) is 0 Å². The van der Waals surface area contributed by atoms with E-state index < -0.39 is 0 Å². The van der Waals surface area contributed by atoms with Crippen LogP contribution in [0.15, 0.2) is 48.5 Å². The quantitative estimate of drug-likeness (QED) is 0.443. The minimum atomic E-state index is -0.0255. The molecule has 3 aromatic rings. The molecule has 2 heterocycles. The third-order valence-corrected chi connectivity index (χ3v) is 6.09. The van der Waals surface area contributed by atoms with Crippen LogP contribution in [0.3, 0.4) is 0 Å². The highest BCUT2D eigenvalue weighted by Crippen LogP contribution is 2.30. The fraction of sp³-hybridized carbons (Fsp3) is 0.320. The summed E-state index contributed by atoms with van der Waals surface area (Å²) in [5.74, 6) is 1.97. The van der Waals surface area contributed by atoms with E-state index in [1.54, 1.807) is 30.3 Å². The van der Waals surface area contributed by atoms with E-state index in [1.807, 2.05) is 36.9 Å². The second-order valence-electron chi connectivity index (χ2n) is 7.71. The fourth-order valence-electron chi connectivity index (χ4n) is 3.84. The maximum atomic E-state index is 13.1. The van der Waals surface area contributed by atoms with Crippen molar-refractivity contribution < 1.29 is 14.3 Å². The van der Waals surface area contributed by atoms with Crippen LogP contribution in [0.5, 0.6) is 11.5 Å². The number of benzene rings is 2. The Bertz CT molecular complexity index is 1150. The Balaban J connectivity index is 1.40. The van der Waals surface area contributed by atoms with Crippen molar-refractivity contribution >= 4 is 34.9 Å². The lowest BCUT2D eigenvalue weighted by molar-refractivity contribution is 0.0746. The summed E-state index contributed by atoms with van der Waals surface area (Å²) in [6, 6.07) is 14.4. The standard InChI is InChI=1S/C25H26Cl2N4O3/c1-3-33-22-9-5-17(15-23(22)34-4-2)25(32)31-13-11-30(12-14-31)24-10-8-21(28-29-24)19-7-6-18(26)16-20(19)27/h5-10,15-16H,3-4,11-14H2,1-2H3. The number of nitrogens with zero attached hydrogens (tertiary/aromatic N) is 4. The Hall–Kier alpha value is -3.03. The summed E-state index contributed by atoms with van der Waals surface area (Å²) in [6.07, 6.45) is 0. The van der Waals surface area contributed by atoms with Crippen LogP contribution in [0, 0.1) is 0 Å². The molecule has 2 aromatic carbocycles. The van der Waals surface area contributed by atoms with Gasteiger partial charge in [-0.25, -0.2) is 0 Å². The zero-order valence-corrected chi connectivity index (χ0v) is 20.6. The van der Waals surface area contributed by atoms with Crippen LogP contribution in [0.2, 0.25) is 10.0 Å². The molecule has 34 heavy (non-hydrogen) atoms. The van der Waals surface area contributed by atoms with E-state index >= 15 is 0 Å². The zero-order chi connectivity index (χ0) is 24.1. The molecule has 0 saturated carbocycles. The number of anilines is 1. The van der Waals surface area contributed by atoms with Crippen LogP contribution in [0.1, 0.15) is 24.2 Å². The van der Waals surface area contributed by atoms with Crippen molar-refractivity contribution in [3.8, 4) is 22.8 Å². The fourth-order valence-corrected chi connectivity index (χ4v) is 4.35. The molecule has 9 heteroatoms. The second kappa shape index (κ2) is 10.9. The van der Waals surface area contributed by atoms with E-state index in [4.69, 9.17) is 32.7 Å². The molecule has 0 atom stereocenters. The van der Waals surface area contributed by atoms with Crippen LogP contribution >= 0.6 is 23.2 Å². The SMILES string of the molecule is CCOc1ccc(C(=O)N2CCN(c3ccc(-c4ccc(Cl)cc4Cl)nn3)CC2)cc1OCC. The summed E-state index contributed by atoms with van der Waals surface area (Å²) in [6.45, 7) is 7.35. The maximum absolute atomic E-state index is 13.1. The number of ether oxygens (including phenoxy) is 2. The second-order valence-corrected chi connectivity index (χ2v) is 8.55. The first kappa shape index (κ1) is 24.1. The molecule has 1 amide bonds. The lowest BCUT2D eigenvalue weighted by Crippen LogP contribution is -2.49. The average molecular weight is 501 g/mol. The van der Waals surface area contributed by atoms with Gasteiger partial charge < -0.3 is 19.3 Å². The van der Waals surface area contributed by atoms with Crippen LogP contribution in [-0.2, 0) is 0 Å². The smallest absolute Gasteiger partial charge is 0.254 e. The normalized spacial score (nSPS) is 13.6. The predicted molar refractivity (Wildman–Crippen MR) is 134 cm³/mol. The molecule has 0 unspecified atom stereocenters. The van der Waals surface area contributed by atoms with Gasteiger partial charge in [-0.1, -0.05) is 23.2 Å². The number of aromatic nitrogens is 2. The van der Waals surface area contributed by atoms with Crippen LogP contribution < -0.4 is 14.4 Å². The summed E-state index contributed by atoms with van der Waals surface area (Å²) in [5.41, 5.74) is 2.05. The van der Waals surface area contributed by atoms with Crippen LogP contribution in [0.4, 0.5) is 5.82 Å². The summed E-state index contributed by atoms with van der Waals surface area (Å²) >= 11 is 12.3. The third-order valence-electron chi connectivity index (χ3n) is 5.54. The number of hydrogen-bond acceptors (Lipinski definition) is 6. The summed E-state index contributed by atoms with van der Waals surface area (Å²) in [7, 11) is 0. The molecule has 0 aliphatic carbocycles. The van der Waals surface area contributed by atoms with E-state index in [0.717, 1.165) is 11.4 Å². The van der Waals surface area contributed by atoms with Gasteiger partial charge in [0, 0.05) is 42.3 Å². The van der Waals surface area contributed by atoms with Crippen molar-refractivity contribution in [3.63, 3.8) is 0 Å². The predicted octanol–water partition coefficient (Wildman–Crippen LogP) is 5.21. The molecule has 1 aliphatic heterocycles. The number of rotatable bonds is 7. The number of hydrogen-bond donors (Lipinski definition) is 0. The first-order valence-electron chi connectivity index (χ1n) is 11.2. The average Bonchev–Trinajstić information content (AvgIpc) is 2.85. The lowest BCUT2D eigenvalue weighted by atomic mass is 10.1. The summed E-state index contributed by atoms with van der Waals surface area (Å²) < 4.78 is 11.3. The van der Waals surface area contributed by atoms with Gasteiger partial charge in [-0.05, 0) is 62.4 Å². The van der Waals surface area contributed by atoms with E-state index in [1.165, 1.54) is 0 Å². The van der Waals surface area contributed by atoms with Gasteiger partial charge >= 0.3 is 0 Å². The number of carbonyl (C=O) groups excluding carboxylic acids is 1. The molecular formula is C25H26Cl2N4O3. The van der Waals surface area contributed by atoms with E-state index in [9.17, 15) is 4.79 Å². The molecule has 178 valence electrons. The van der Waals surface area contributed by atoms with Crippen molar-refractivity contribution in [1.82, 2.24) is 15.1 Å². The van der Waals surface area contributed by atoms with Crippen molar-refractivity contribution in [2.24, 2.45) is 0 Å². The maximum Gasteiger partial charge on any atom is 0.254 e. The molecule has 1 aromatic heterocycles. The topological polar surface area (TPSA) is 67.8 Å². The Morgan fingerprint density at radius 2 is 1.62 bits per heavy atom. The highest BCUT2D eigenvalue weighted by molar-refractivity contribution is 6.36. The third kappa shape index (κ3) is 5.37. The minimum absolute atomic E-state index is 0.0255. The molecule has 1 saturated heterocycles. The molecule has 0 N–H and O–H groups in total. The van der Waals surface area contributed by atoms with Crippen LogP contribution in [-0.4, -0.2) is 60.4 Å². The molecule has 0 spiro atoms. The van der Waals surface area contributed by atoms with Gasteiger partial charge in [0.05, 0.1) is 23.9 Å². The van der Waals surface area contributed by atoms with Gasteiger partial charge in [0.25, 0.3) is 5.91 Å². The summed E-state index contributed by atoms with van der Waals surface area (Å²) in [4.78, 5) is 17.1. The Morgan fingerprint density at radius 3 is 2.26 bits per heavy atom. The number of amides is 1. The van der Waals surface area contributed by atoms with Crippen LogP contribution in [0.25, 0.3) is 11.3 Å². The number of halogens is 2. The minimum Gasteiger partial charge on any atom is -0.490 e. The largest absolute Gasteiger partial charge is 0.490 e. The van der Waals surface area contributed by atoms with Gasteiger partial charge in [0.2, 0.25) is 0 Å². The summed E-state index contributed by atoms with van der Waals surface area (Å²) in [5, 5.41) is 9.83. The van der Waals surface area contributed by atoms with Crippen molar-refractivity contribution in [3.05, 3.63) is 64.1 Å². The van der Waals surface area contributed by atoms with E-state index in [0.29, 0.717) is 72.2 Å². The molecule has 0 bridgehead atoms. The lowest BCUT2D eigenvalue weighted by Gasteiger charge is -2.35. The Morgan fingerprint density at radius 1 is 0.882 bits per heavy atom. The van der Waals surface area contributed by atoms with Crippen molar-refractivity contribution in [2.75, 3.05) is 44.3 Å². The Kier molecular flexibility index (Phi) is 7.75. The Labute approximate surface area is 209 Å². The highest BCUT2D eigenvalue weighted by atomic mass is 35.5. The first-order valence-corrected chi connectivity index (χ1v) is 12.0. The van der Waals surface area contributed by atoms with E-state index in [2.05, 4.69) is 15.1 Å². The van der Waals surface area contributed by atoms with Gasteiger partial charge in [-0.2, -0.15) is 0 Å². The molecule has 4 rings (SSSR count). The van der Waals surface area contributed by atoms with Crippen molar-refractivity contribution in [2.45, 2.75) is 13.8 Å². The molecule has 7 nitrogen and oxygen atoms in total. The monoisotopic (exact) mass is 500 g/mol. The van der Waals surface area contributed by atoms with Crippen molar-refractivity contribution in [1.29, 1.82) is 0 Å². The molecule has 0 radical (unpaired) electrons. The highest BCUT2D eigenvalue weighted by Gasteiger charge is 2.24. The molecule has 1 fully saturated rings. The van der Waals surface area contributed by atoms with Gasteiger partial charge in [-0.3, -0.25) is 4.79 Å². The molecular weight excluding hydrogens is 475 g/mol. The zero-order valence-electron chi connectivity index (χ0n) is 19.1. The number of carbonyl (C=O) groups is 1. The molecule has 1 aliphatic rings. The van der Waals surface area contributed by atoms with Gasteiger partial charge in [-0.15, -0.1) is 10.2 Å². The number of piperazine rings is 1.